The summed E-state index contributed by atoms with van der Waals surface area (Å²) in [5, 5.41) is 3.06. The molecule has 0 radical (unpaired) electrons. The summed E-state index contributed by atoms with van der Waals surface area (Å²) in [6, 6.07) is 8.29. The molecule has 0 bridgehead atoms. The molecule has 1 aliphatic carbocycles. The molecule has 21 heavy (non-hydrogen) atoms. The van der Waals surface area contributed by atoms with Gasteiger partial charge in [0.1, 0.15) is 10.8 Å². The van der Waals surface area contributed by atoms with Crippen LogP contribution in [0.1, 0.15) is 19.3 Å². The fourth-order valence-corrected chi connectivity index (χ4v) is 3.64. The first-order chi connectivity index (χ1) is 10.2. The molecule has 0 amide bonds. The summed E-state index contributed by atoms with van der Waals surface area (Å²) in [5.41, 5.74) is 1.52. The van der Waals surface area contributed by atoms with Gasteiger partial charge in [-0.1, -0.05) is 6.42 Å². The van der Waals surface area contributed by atoms with E-state index in [9.17, 15) is 0 Å². The van der Waals surface area contributed by atoms with E-state index < -0.39 is 0 Å². The van der Waals surface area contributed by atoms with Crippen molar-refractivity contribution in [3.05, 3.63) is 35.8 Å². The third-order valence-corrected chi connectivity index (χ3v) is 4.97. The Morgan fingerprint density at radius 1 is 1.24 bits per heavy atom. The van der Waals surface area contributed by atoms with E-state index in [0.717, 1.165) is 29.5 Å². The first kappa shape index (κ1) is 14.5. The first-order valence-electron chi connectivity index (χ1n) is 7.44. The molecule has 112 valence electrons. The number of rotatable bonds is 6. The summed E-state index contributed by atoms with van der Waals surface area (Å²) in [6.07, 6.45) is 5.73. The van der Waals surface area contributed by atoms with Crippen LogP contribution in [0.4, 0.5) is 0 Å². The van der Waals surface area contributed by atoms with E-state index >= 15 is 0 Å². The zero-order valence-electron chi connectivity index (χ0n) is 12.7. The number of hydrogen-bond donors (Lipinski definition) is 0. The van der Waals surface area contributed by atoms with Gasteiger partial charge >= 0.3 is 0 Å². The molecule has 1 aromatic carbocycles. The first-order valence-corrected chi connectivity index (χ1v) is 8.32. The summed E-state index contributed by atoms with van der Waals surface area (Å²) < 4.78 is 6.04. The summed E-state index contributed by atoms with van der Waals surface area (Å²) >= 11 is 1.66. The van der Waals surface area contributed by atoms with Crippen molar-refractivity contribution in [2.75, 3.05) is 27.2 Å². The van der Waals surface area contributed by atoms with Gasteiger partial charge in [0.2, 0.25) is 0 Å². The van der Waals surface area contributed by atoms with Gasteiger partial charge in [-0.05, 0) is 51.2 Å². The molecular weight excluding hydrogens is 280 g/mol. The lowest BCUT2D eigenvalue weighted by molar-refractivity contribution is 0.0315. The van der Waals surface area contributed by atoms with Crippen LogP contribution in [-0.4, -0.2) is 37.1 Å². The lowest BCUT2D eigenvalue weighted by Crippen LogP contribution is -2.44. The quantitative estimate of drug-likeness (QED) is 0.808. The van der Waals surface area contributed by atoms with Crippen LogP contribution in [0.3, 0.4) is 0 Å². The van der Waals surface area contributed by atoms with Crippen molar-refractivity contribution in [3.63, 3.8) is 0 Å². The minimum atomic E-state index is 0.359. The molecule has 1 heterocycles. The molecule has 3 nitrogen and oxygen atoms in total. The van der Waals surface area contributed by atoms with E-state index in [0.29, 0.717) is 5.41 Å². The molecule has 0 N–H and O–H groups in total. The normalized spacial score (nSPS) is 16.7. The van der Waals surface area contributed by atoms with Crippen LogP contribution in [0.15, 0.2) is 35.8 Å². The Morgan fingerprint density at radius 2 is 2.00 bits per heavy atom. The van der Waals surface area contributed by atoms with Crippen LogP contribution in [0.25, 0.3) is 10.6 Å². The molecule has 1 aromatic heterocycles. The van der Waals surface area contributed by atoms with Crippen molar-refractivity contribution in [1.29, 1.82) is 0 Å². The maximum absolute atomic E-state index is 6.04. The van der Waals surface area contributed by atoms with E-state index in [1.165, 1.54) is 19.3 Å². The Morgan fingerprint density at radius 3 is 2.52 bits per heavy atom. The van der Waals surface area contributed by atoms with Crippen molar-refractivity contribution in [2.24, 2.45) is 5.41 Å². The fourth-order valence-electron chi connectivity index (χ4n) is 2.99. The second-order valence-electron chi connectivity index (χ2n) is 6.24. The topological polar surface area (TPSA) is 25.4 Å². The van der Waals surface area contributed by atoms with Crippen molar-refractivity contribution in [3.8, 4) is 16.3 Å². The van der Waals surface area contributed by atoms with Gasteiger partial charge < -0.3 is 9.64 Å². The SMILES string of the molecule is CN(C)CC1(COc2ccc(-c3nccs3)cc2)CCC1. The monoisotopic (exact) mass is 302 g/mol. The highest BCUT2D eigenvalue weighted by atomic mass is 32.1. The molecule has 0 spiro atoms. The molecular formula is C17H22N2OS. The van der Waals surface area contributed by atoms with Crippen LogP contribution < -0.4 is 4.74 Å². The molecule has 4 heteroatoms. The summed E-state index contributed by atoms with van der Waals surface area (Å²) in [7, 11) is 4.28. The van der Waals surface area contributed by atoms with Gasteiger partial charge in [-0.3, -0.25) is 0 Å². The van der Waals surface area contributed by atoms with Gasteiger partial charge in [0.15, 0.2) is 0 Å². The number of hydrogen-bond acceptors (Lipinski definition) is 4. The summed E-state index contributed by atoms with van der Waals surface area (Å²) in [4.78, 5) is 6.60. The van der Waals surface area contributed by atoms with E-state index in [1.54, 1.807) is 11.3 Å². The lowest BCUT2D eigenvalue weighted by atomic mass is 9.69. The van der Waals surface area contributed by atoms with Crippen molar-refractivity contribution in [2.45, 2.75) is 19.3 Å². The third kappa shape index (κ3) is 3.44. The molecule has 1 saturated carbocycles. The average molecular weight is 302 g/mol. The van der Waals surface area contributed by atoms with Crippen molar-refractivity contribution >= 4 is 11.3 Å². The Balaban J connectivity index is 1.60. The number of ether oxygens (including phenoxy) is 1. The number of aromatic nitrogens is 1. The highest BCUT2D eigenvalue weighted by Crippen LogP contribution is 2.41. The van der Waals surface area contributed by atoms with Gasteiger partial charge in [0.25, 0.3) is 0 Å². The summed E-state index contributed by atoms with van der Waals surface area (Å²) in [5.74, 6) is 0.959. The Bertz CT molecular complexity index is 559. The predicted molar refractivity (Wildman–Crippen MR) is 87.9 cm³/mol. The summed E-state index contributed by atoms with van der Waals surface area (Å²) in [6.45, 7) is 1.94. The second kappa shape index (κ2) is 6.16. The average Bonchev–Trinajstić information content (AvgIpc) is 2.96. The molecule has 0 atom stereocenters. The van der Waals surface area contributed by atoms with Gasteiger partial charge in [-0.15, -0.1) is 11.3 Å². The lowest BCUT2D eigenvalue weighted by Gasteiger charge is -2.43. The molecule has 0 aliphatic heterocycles. The van der Waals surface area contributed by atoms with Gasteiger partial charge in [-0.25, -0.2) is 4.98 Å². The molecule has 1 aliphatic rings. The van der Waals surface area contributed by atoms with E-state index in [4.69, 9.17) is 4.74 Å². The highest BCUT2D eigenvalue weighted by molar-refractivity contribution is 7.13. The van der Waals surface area contributed by atoms with Crippen LogP contribution in [0.2, 0.25) is 0 Å². The van der Waals surface area contributed by atoms with Gasteiger partial charge in [0, 0.05) is 29.1 Å². The Hall–Kier alpha value is -1.39. The van der Waals surface area contributed by atoms with E-state index in [2.05, 4.69) is 48.2 Å². The minimum absolute atomic E-state index is 0.359. The highest BCUT2D eigenvalue weighted by Gasteiger charge is 2.38. The molecule has 1 fully saturated rings. The molecule has 2 aromatic rings. The maximum atomic E-state index is 6.04. The molecule has 0 saturated heterocycles. The zero-order valence-corrected chi connectivity index (χ0v) is 13.5. The minimum Gasteiger partial charge on any atom is -0.493 e. The van der Waals surface area contributed by atoms with Gasteiger partial charge in [0.05, 0.1) is 6.61 Å². The number of thiazole rings is 1. The van der Waals surface area contributed by atoms with Crippen LogP contribution >= 0.6 is 11.3 Å². The van der Waals surface area contributed by atoms with E-state index in [1.807, 2.05) is 11.6 Å². The molecule has 0 unspecified atom stereocenters. The third-order valence-electron chi connectivity index (χ3n) is 4.14. The fraction of sp³-hybridized carbons (Fsp3) is 0.471. The number of benzene rings is 1. The van der Waals surface area contributed by atoms with Crippen molar-refractivity contribution < 1.29 is 4.74 Å². The van der Waals surface area contributed by atoms with Crippen LogP contribution in [0.5, 0.6) is 5.75 Å². The number of nitrogens with zero attached hydrogens (tertiary/aromatic N) is 2. The van der Waals surface area contributed by atoms with Gasteiger partial charge in [-0.2, -0.15) is 0 Å². The standard InChI is InChI=1S/C17H22N2OS/c1-19(2)12-17(8-3-9-17)13-20-15-6-4-14(5-7-15)16-18-10-11-21-16/h4-7,10-11H,3,8-9,12-13H2,1-2H3. The van der Waals surface area contributed by atoms with Crippen LogP contribution in [-0.2, 0) is 0 Å². The predicted octanol–water partition coefficient (Wildman–Crippen LogP) is 3.92. The zero-order chi connectivity index (χ0) is 14.7. The van der Waals surface area contributed by atoms with E-state index in [-0.39, 0.29) is 0 Å². The molecule has 3 rings (SSSR count). The van der Waals surface area contributed by atoms with Crippen LogP contribution in [0, 0.1) is 5.41 Å². The maximum Gasteiger partial charge on any atom is 0.123 e. The second-order valence-corrected chi connectivity index (χ2v) is 7.14. The van der Waals surface area contributed by atoms with Crippen molar-refractivity contribution in [1.82, 2.24) is 9.88 Å². The largest absolute Gasteiger partial charge is 0.493 e. The Kier molecular flexibility index (Phi) is 4.27. The smallest absolute Gasteiger partial charge is 0.123 e. The Labute approximate surface area is 130 Å².